The van der Waals surface area contributed by atoms with Gasteiger partial charge in [0.25, 0.3) is 0 Å². The molecule has 1 fully saturated rings. The van der Waals surface area contributed by atoms with Crippen molar-refractivity contribution in [1.29, 1.82) is 0 Å². The normalized spacial score (nSPS) is 25.3. The summed E-state index contributed by atoms with van der Waals surface area (Å²) in [6, 6.07) is 17.7. The van der Waals surface area contributed by atoms with Crippen molar-refractivity contribution in [2.24, 2.45) is 17.3 Å². The Morgan fingerprint density at radius 2 is 1.59 bits per heavy atom. The summed E-state index contributed by atoms with van der Waals surface area (Å²) in [6.07, 6.45) is 11.4. The van der Waals surface area contributed by atoms with Crippen LogP contribution >= 0.6 is 0 Å². The highest BCUT2D eigenvalue weighted by Crippen LogP contribution is 2.60. The third kappa shape index (κ3) is 7.75. The highest BCUT2D eigenvalue weighted by molar-refractivity contribution is 5.69. The van der Waals surface area contributed by atoms with E-state index in [-0.39, 0.29) is 41.2 Å². The molecule has 2 N–H and O–H groups in total. The molecule has 0 unspecified atom stereocenters. The van der Waals surface area contributed by atoms with E-state index in [0.29, 0.717) is 43.6 Å². The lowest BCUT2D eigenvalue weighted by molar-refractivity contribution is -0.164. The number of hydrogen-bond donors (Lipinski definition) is 2. The maximum Gasteiger partial charge on any atom is 0.306 e. The van der Waals surface area contributed by atoms with E-state index in [4.69, 9.17) is 18.9 Å². The lowest BCUT2D eigenvalue weighted by atomic mass is 9.49. The number of methoxy groups -OCH3 is 2. The van der Waals surface area contributed by atoms with Crippen LogP contribution in [0.2, 0.25) is 0 Å². The largest absolute Gasteiger partial charge is 0.504 e. The van der Waals surface area contributed by atoms with Crippen molar-refractivity contribution in [3.63, 3.8) is 0 Å². The molecule has 6 atom stereocenters. The third-order valence-electron chi connectivity index (χ3n) is 11.6. The molecule has 3 aromatic carbocycles. The van der Waals surface area contributed by atoms with Crippen LogP contribution < -0.4 is 9.47 Å². The molecule has 0 bridgehead atoms. The Hall–Kier alpha value is -4.46. The van der Waals surface area contributed by atoms with E-state index < -0.39 is 17.6 Å². The molecule has 8 nitrogen and oxygen atoms in total. The minimum Gasteiger partial charge on any atom is -0.504 e. The number of rotatable bonds is 11. The van der Waals surface area contributed by atoms with Crippen LogP contribution in [0.3, 0.4) is 0 Å². The van der Waals surface area contributed by atoms with Gasteiger partial charge in [0.2, 0.25) is 0 Å². The van der Waals surface area contributed by atoms with Gasteiger partial charge in [0.15, 0.2) is 23.0 Å². The lowest BCUT2D eigenvalue weighted by Gasteiger charge is -2.56. The number of carbonyl (C=O) groups excluding carboxylic acids is 2. The average Bonchev–Trinajstić information content (AvgIpc) is 3.11. The number of aryl methyl sites for hydroxylation is 1. The number of benzene rings is 3. The summed E-state index contributed by atoms with van der Waals surface area (Å²) >= 11 is 0. The van der Waals surface area contributed by atoms with Crippen LogP contribution in [0.5, 0.6) is 23.0 Å². The van der Waals surface area contributed by atoms with Gasteiger partial charge in [-0.3, -0.25) is 9.59 Å². The zero-order valence-corrected chi connectivity index (χ0v) is 30.4. The van der Waals surface area contributed by atoms with E-state index in [9.17, 15) is 19.8 Å². The monoisotopic (exact) mass is 696 g/mol. The summed E-state index contributed by atoms with van der Waals surface area (Å²) < 4.78 is 23.8. The predicted molar refractivity (Wildman–Crippen MR) is 196 cm³/mol. The minimum atomic E-state index is -0.537. The lowest BCUT2D eigenvalue weighted by Crippen LogP contribution is -2.54. The second-order valence-corrected chi connectivity index (χ2v) is 14.7. The molecule has 0 aliphatic heterocycles. The molecular formula is C43H52O8. The molecule has 0 aromatic heterocycles. The van der Waals surface area contributed by atoms with Crippen molar-refractivity contribution in [1.82, 2.24) is 0 Å². The van der Waals surface area contributed by atoms with Gasteiger partial charge in [-0.15, -0.1) is 0 Å². The topological polar surface area (TPSA) is 112 Å². The summed E-state index contributed by atoms with van der Waals surface area (Å²) in [5.74, 6) is 0.222. The number of carbonyl (C=O) groups is 2. The Kier molecular flexibility index (Phi) is 11.3. The molecule has 1 saturated carbocycles. The van der Waals surface area contributed by atoms with Crippen LogP contribution in [-0.2, 0) is 38.3 Å². The fourth-order valence-electron chi connectivity index (χ4n) is 9.26. The van der Waals surface area contributed by atoms with Crippen molar-refractivity contribution in [3.05, 3.63) is 88.5 Å². The summed E-state index contributed by atoms with van der Waals surface area (Å²) in [5.41, 5.74) is 4.77. The number of esters is 2. The Balaban J connectivity index is 1.53. The second-order valence-electron chi connectivity index (χ2n) is 14.7. The van der Waals surface area contributed by atoms with Crippen LogP contribution in [0.15, 0.2) is 60.7 Å². The molecule has 0 saturated heterocycles. The first-order chi connectivity index (χ1) is 24.6. The van der Waals surface area contributed by atoms with Crippen molar-refractivity contribution in [2.45, 2.75) is 103 Å². The first-order valence-electron chi connectivity index (χ1n) is 18.5. The van der Waals surface area contributed by atoms with Gasteiger partial charge in [0.1, 0.15) is 12.2 Å². The van der Waals surface area contributed by atoms with Gasteiger partial charge in [-0.05, 0) is 102 Å². The van der Waals surface area contributed by atoms with Crippen molar-refractivity contribution < 1.29 is 38.7 Å². The van der Waals surface area contributed by atoms with E-state index in [1.807, 2.05) is 42.5 Å². The number of phenolic OH excluding ortho intramolecular Hbond substituents is 2. The maximum atomic E-state index is 13.4. The fourth-order valence-corrected chi connectivity index (χ4v) is 9.26. The molecule has 0 spiro atoms. The van der Waals surface area contributed by atoms with E-state index in [1.54, 1.807) is 14.2 Å². The zero-order chi connectivity index (χ0) is 36.1. The minimum absolute atomic E-state index is 0.0331. The van der Waals surface area contributed by atoms with Gasteiger partial charge in [-0.1, -0.05) is 68.7 Å². The third-order valence-corrected chi connectivity index (χ3v) is 11.6. The molecule has 0 amide bonds. The SMILES string of the molecule is CCCCCCC(=O)O[C@@H]1C[C@@H]2c3cc(OC)c(O)cc3CC[C@@H]2[C@]2(C=Cc3ccccc3)Cc3cc(O)c(OC)cc3C[C@@H]2[C@H](OC(C)=O)C1. The van der Waals surface area contributed by atoms with E-state index in [1.165, 1.54) is 6.92 Å². The number of unbranched alkanes of at least 4 members (excludes halogenated alkanes) is 3. The van der Waals surface area contributed by atoms with Gasteiger partial charge in [0.05, 0.1) is 14.2 Å². The van der Waals surface area contributed by atoms with Crippen LogP contribution in [0.25, 0.3) is 6.08 Å². The molecule has 272 valence electrons. The number of phenols is 2. The molecule has 3 aromatic rings. The molecule has 0 heterocycles. The number of aromatic hydroxyl groups is 2. The van der Waals surface area contributed by atoms with E-state index in [2.05, 4.69) is 31.2 Å². The first-order valence-corrected chi connectivity index (χ1v) is 18.5. The molecular weight excluding hydrogens is 644 g/mol. The highest BCUT2D eigenvalue weighted by Gasteiger charge is 2.56. The number of fused-ring (bicyclic) bond motifs is 6. The fraction of sp³-hybridized carbons (Fsp3) is 0.488. The van der Waals surface area contributed by atoms with Crippen LogP contribution in [-0.4, -0.2) is 48.6 Å². The van der Waals surface area contributed by atoms with E-state index in [0.717, 1.165) is 66.3 Å². The van der Waals surface area contributed by atoms with Gasteiger partial charge in [-0.25, -0.2) is 0 Å². The Morgan fingerprint density at radius 1 is 0.863 bits per heavy atom. The van der Waals surface area contributed by atoms with Crippen molar-refractivity contribution in [3.8, 4) is 23.0 Å². The standard InChI is InChI=1S/C43H52O8/c1-5-6-7-11-14-42(47)51-32-23-34-33-25-41(49-4)37(45)20-29(33)15-16-35(34)43(18-17-28-12-9-8-10-13-28)26-31-21-38(46)40(48-3)22-30(31)19-36(43)39(24-32)50-27(2)44/h8-10,12-13,17-18,20-22,25,32,34-36,39,45-46H,5-7,11,14-16,19,23-24,26H2,1-4H3/t32-,34-,35+,36-,39-,43+/m1/s1. The average molecular weight is 697 g/mol. The number of allylic oxidation sites excluding steroid dienone is 1. The Morgan fingerprint density at radius 3 is 2.29 bits per heavy atom. The van der Waals surface area contributed by atoms with Crippen LogP contribution in [0.1, 0.15) is 98.9 Å². The molecule has 6 rings (SSSR count). The van der Waals surface area contributed by atoms with Crippen molar-refractivity contribution in [2.75, 3.05) is 14.2 Å². The second kappa shape index (κ2) is 15.8. The van der Waals surface area contributed by atoms with Gasteiger partial charge in [-0.2, -0.15) is 0 Å². The molecule has 3 aliphatic rings. The molecule has 51 heavy (non-hydrogen) atoms. The summed E-state index contributed by atoms with van der Waals surface area (Å²) in [6.45, 7) is 3.60. The molecule has 3 aliphatic carbocycles. The number of hydrogen-bond acceptors (Lipinski definition) is 8. The Labute approximate surface area is 301 Å². The Bertz CT molecular complexity index is 1730. The smallest absolute Gasteiger partial charge is 0.306 e. The van der Waals surface area contributed by atoms with Crippen molar-refractivity contribution >= 4 is 18.0 Å². The van der Waals surface area contributed by atoms with Gasteiger partial charge < -0.3 is 29.2 Å². The quantitative estimate of drug-likeness (QED) is 0.152. The summed E-state index contributed by atoms with van der Waals surface area (Å²) in [4.78, 5) is 26.3. The number of ether oxygens (including phenoxy) is 4. The molecule has 8 heteroatoms. The summed E-state index contributed by atoms with van der Waals surface area (Å²) in [7, 11) is 3.11. The van der Waals surface area contributed by atoms with Gasteiger partial charge in [0, 0.05) is 31.1 Å². The molecule has 0 radical (unpaired) electrons. The van der Waals surface area contributed by atoms with E-state index >= 15 is 0 Å². The first kappa shape index (κ1) is 36.3. The zero-order valence-electron chi connectivity index (χ0n) is 30.4. The van der Waals surface area contributed by atoms with Crippen LogP contribution in [0, 0.1) is 17.3 Å². The summed E-state index contributed by atoms with van der Waals surface area (Å²) in [5, 5.41) is 21.8. The maximum absolute atomic E-state index is 13.4. The predicted octanol–water partition coefficient (Wildman–Crippen LogP) is 8.48. The van der Waals surface area contributed by atoms with Crippen LogP contribution in [0.4, 0.5) is 0 Å². The highest BCUT2D eigenvalue weighted by atomic mass is 16.6. The van der Waals surface area contributed by atoms with Gasteiger partial charge >= 0.3 is 11.9 Å².